The highest BCUT2D eigenvalue weighted by Crippen LogP contribution is 2.29. The molecule has 0 saturated carbocycles. The Hall–Kier alpha value is -1.17. The maximum absolute atomic E-state index is 12.2. The first kappa shape index (κ1) is 9.91. The van der Waals surface area contributed by atoms with Crippen molar-refractivity contribution in [3.63, 3.8) is 0 Å². The van der Waals surface area contributed by atoms with Crippen molar-refractivity contribution >= 4 is 17.2 Å². The monoisotopic (exact) mass is 206 g/mol. The van der Waals surface area contributed by atoms with Gasteiger partial charge in [-0.3, -0.25) is 4.98 Å². The fourth-order valence-corrected chi connectivity index (χ4v) is 0.995. The molecule has 2 N–H and O–H groups in total. The van der Waals surface area contributed by atoms with Gasteiger partial charge in [0.15, 0.2) is 5.69 Å². The van der Waals surface area contributed by atoms with E-state index in [9.17, 15) is 13.2 Å². The van der Waals surface area contributed by atoms with Gasteiger partial charge in [0.25, 0.3) is 0 Å². The van der Waals surface area contributed by atoms with Gasteiger partial charge >= 0.3 is 6.18 Å². The molecule has 0 aliphatic heterocycles. The summed E-state index contributed by atoms with van der Waals surface area (Å²) in [7, 11) is 0. The summed E-state index contributed by atoms with van der Waals surface area (Å²) in [5, 5.41) is 0. The molecule has 0 unspecified atom stereocenters. The standard InChI is InChI=1S/C7H5F3N2S/c8-7(9,10)5-4(6(11)13)2-1-3-12-5/h1-3H,(H2,11,13). The highest BCUT2D eigenvalue weighted by molar-refractivity contribution is 7.80. The smallest absolute Gasteiger partial charge is 0.389 e. The van der Waals surface area contributed by atoms with Gasteiger partial charge in [-0.2, -0.15) is 13.2 Å². The van der Waals surface area contributed by atoms with Crippen LogP contribution in [0.1, 0.15) is 11.3 Å². The molecule has 0 fully saturated rings. The Morgan fingerprint density at radius 1 is 1.46 bits per heavy atom. The van der Waals surface area contributed by atoms with Crippen molar-refractivity contribution < 1.29 is 13.2 Å². The Morgan fingerprint density at radius 2 is 2.08 bits per heavy atom. The third-order valence-electron chi connectivity index (χ3n) is 1.34. The summed E-state index contributed by atoms with van der Waals surface area (Å²) < 4.78 is 36.7. The minimum atomic E-state index is -4.51. The highest BCUT2D eigenvalue weighted by atomic mass is 32.1. The minimum Gasteiger partial charge on any atom is -0.389 e. The summed E-state index contributed by atoms with van der Waals surface area (Å²) in [5.74, 6) is 0. The number of rotatable bonds is 1. The summed E-state index contributed by atoms with van der Waals surface area (Å²) in [5.41, 5.74) is 3.82. The molecule has 70 valence electrons. The Morgan fingerprint density at radius 3 is 2.46 bits per heavy atom. The van der Waals surface area contributed by atoms with Crippen molar-refractivity contribution in [2.24, 2.45) is 5.73 Å². The fraction of sp³-hybridized carbons (Fsp3) is 0.143. The summed E-state index contributed by atoms with van der Waals surface area (Å²) in [6.07, 6.45) is -3.47. The van der Waals surface area contributed by atoms with Crippen LogP contribution in [0.15, 0.2) is 18.3 Å². The van der Waals surface area contributed by atoms with E-state index in [1.807, 2.05) is 0 Å². The largest absolute Gasteiger partial charge is 0.434 e. The van der Waals surface area contributed by atoms with Gasteiger partial charge in [-0.25, -0.2) is 0 Å². The Bertz CT molecular complexity index is 335. The van der Waals surface area contributed by atoms with Crippen LogP contribution in [0.3, 0.4) is 0 Å². The third-order valence-corrected chi connectivity index (χ3v) is 1.56. The summed E-state index contributed by atoms with van der Waals surface area (Å²) in [6.45, 7) is 0. The highest BCUT2D eigenvalue weighted by Gasteiger charge is 2.35. The van der Waals surface area contributed by atoms with Crippen LogP contribution in [0, 0.1) is 0 Å². The third kappa shape index (κ3) is 2.15. The second-order valence-electron chi connectivity index (χ2n) is 2.26. The number of pyridine rings is 1. The molecule has 0 aromatic carbocycles. The zero-order valence-corrected chi connectivity index (χ0v) is 7.12. The van der Waals surface area contributed by atoms with Gasteiger partial charge in [0.05, 0.1) is 0 Å². The maximum Gasteiger partial charge on any atom is 0.434 e. The molecule has 1 rings (SSSR count). The predicted molar refractivity (Wildman–Crippen MR) is 45.1 cm³/mol. The molecule has 1 aromatic rings. The number of alkyl halides is 3. The first-order chi connectivity index (χ1) is 5.93. The van der Waals surface area contributed by atoms with E-state index in [1.54, 1.807) is 0 Å². The SMILES string of the molecule is NC(=S)c1cccnc1C(F)(F)F. The number of thiocarbonyl (C=S) groups is 1. The average molecular weight is 206 g/mol. The van der Waals surface area contributed by atoms with Crippen LogP contribution in [-0.4, -0.2) is 9.97 Å². The quantitative estimate of drug-likeness (QED) is 0.711. The van der Waals surface area contributed by atoms with Gasteiger partial charge in [0.1, 0.15) is 4.99 Å². The lowest BCUT2D eigenvalue weighted by molar-refractivity contribution is -0.141. The molecule has 0 saturated heterocycles. The van der Waals surface area contributed by atoms with Crippen LogP contribution >= 0.6 is 12.2 Å². The van der Waals surface area contributed by atoms with Gasteiger partial charge in [0, 0.05) is 11.8 Å². The maximum atomic E-state index is 12.2. The number of nitrogens with two attached hydrogens (primary N) is 1. The van der Waals surface area contributed by atoms with Crippen LogP contribution in [0.5, 0.6) is 0 Å². The van der Waals surface area contributed by atoms with Crippen LogP contribution in [0.2, 0.25) is 0 Å². The first-order valence-electron chi connectivity index (χ1n) is 3.25. The molecule has 0 amide bonds. The van der Waals surface area contributed by atoms with Crippen molar-refractivity contribution in [1.29, 1.82) is 0 Å². The normalized spacial score (nSPS) is 11.3. The second kappa shape index (κ2) is 3.29. The van der Waals surface area contributed by atoms with Crippen molar-refractivity contribution in [3.05, 3.63) is 29.6 Å². The number of hydrogen-bond donors (Lipinski definition) is 1. The molecule has 0 aliphatic carbocycles. The lowest BCUT2D eigenvalue weighted by atomic mass is 10.2. The molecule has 0 radical (unpaired) electrons. The summed E-state index contributed by atoms with van der Waals surface area (Å²) >= 11 is 4.46. The molecule has 0 bridgehead atoms. The van der Waals surface area contributed by atoms with E-state index in [0.29, 0.717) is 0 Å². The molecule has 6 heteroatoms. The van der Waals surface area contributed by atoms with Crippen LogP contribution in [0.25, 0.3) is 0 Å². The lowest BCUT2D eigenvalue weighted by Crippen LogP contribution is -2.19. The second-order valence-corrected chi connectivity index (χ2v) is 2.70. The zero-order chi connectivity index (χ0) is 10.1. The van der Waals surface area contributed by atoms with Crippen molar-refractivity contribution in [3.8, 4) is 0 Å². The van der Waals surface area contributed by atoms with Gasteiger partial charge in [0.2, 0.25) is 0 Å². The number of aromatic nitrogens is 1. The van der Waals surface area contributed by atoms with Gasteiger partial charge in [-0.1, -0.05) is 12.2 Å². The Kier molecular flexibility index (Phi) is 2.51. The van der Waals surface area contributed by atoms with E-state index >= 15 is 0 Å². The van der Waals surface area contributed by atoms with Gasteiger partial charge in [-0.05, 0) is 12.1 Å². The summed E-state index contributed by atoms with van der Waals surface area (Å²) in [4.78, 5) is 2.87. The van der Waals surface area contributed by atoms with E-state index < -0.39 is 11.9 Å². The Balaban J connectivity index is 3.28. The van der Waals surface area contributed by atoms with Crippen molar-refractivity contribution in [2.45, 2.75) is 6.18 Å². The molecule has 0 spiro atoms. The van der Waals surface area contributed by atoms with Crippen molar-refractivity contribution in [2.75, 3.05) is 0 Å². The fourth-order valence-electron chi connectivity index (χ4n) is 0.830. The molecule has 2 nitrogen and oxygen atoms in total. The average Bonchev–Trinajstić information content (AvgIpc) is 2.03. The van der Waals surface area contributed by atoms with Crippen LogP contribution < -0.4 is 5.73 Å². The molecular weight excluding hydrogens is 201 g/mol. The van der Waals surface area contributed by atoms with Crippen molar-refractivity contribution in [1.82, 2.24) is 4.98 Å². The van der Waals surface area contributed by atoms with Gasteiger partial charge in [-0.15, -0.1) is 0 Å². The molecule has 0 aliphatic rings. The molecule has 1 heterocycles. The summed E-state index contributed by atoms with van der Waals surface area (Å²) in [6, 6.07) is 2.54. The first-order valence-corrected chi connectivity index (χ1v) is 3.66. The molecule has 13 heavy (non-hydrogen) atoms. The number of nitrogens with zero attached hydrogens (tertiary/aromatic N) is 1. The topological polar surface area (TPSA) is 38.9 Å². The van der Waals surface area contributed by atoms with Gasteiger partial charge < -0.3 is 5.73 Å². The Labute approximate surface area is 77.6 Å². The molecule has 1 aromatic heterocycles. The number of hydrogen-bond acceptors (Lipinski definition) is 2. The van der Waals surface area contributed by atoms with Crippen LogP contribution in [-0.2, 0) is 6.18 Å². The van der Waals surface area contributed by atoms with E-state index in [-0.39, 0.29) is 10.6 Å². The minimum absolute atomic E-state index is 0.245. The zero-order valence-electron chi connectivity index (χ0n) is 6.30. The molecular formula is C7H5F3N2S. The lowest BCUT2D eigenvalue weighted by Gasteiger charge is -2.09. The molecule has 0 atom stereocenters. The van der Waals surface area contributed by atoms with Crippen LogP contribution in [0.4, 0.5) is 13.2 Å². The predicted octanol–water partition coefficient (Wildman–Crippen LogP) is 1.73. The van der Waals surface area contributed by atoms with E-state index in [2.05, 4.69) is 17.2 Å². The van der Waals surface area contributed by atoms with E-state index in [0.717, 1.165) is 6.20 Å². The van der Waals surface area contributed by atoms with E-state index in [4.69, 9.17) is 5.73 Å². The van der Waals surface area contributed by atoms with E-state index in [1.165, 1.54) is 12.1 Å². The number of halogens is 3.